The summed E-state index contributed by atoms with van der Waals surface area (Å²) in [4.78, 5) is 13.5. The van der Waals surface area contributed by atoms with E-state index < -0.39 is 5.24 Å². The van der Waals surface area contributed by atoms with Crippen LogP contribution in [0.15, 0.2) is 49.2 Å². The molecule has 82 valence electrons. The molecule has 1 aromatic carbocycles. The van der Waals surface area contributed by atoms with Crippen LogP contribution < -0.4 is 0 Å². The molecule has 0 amide bonds. The molecule has 0 aliphatic carbocycles. The molecule has 3 nitrogen and oxygen atoms in total. The maximum Gasteiger partial charge on any atom is 0.244 e. The van der Waals surface area contributed by atoms with E-state index in [-0.39, 0.29) is 5.75 Å². The van der Waals surface area contributed by atoms with Gasteiger partial charge in [-0.15, -0.1) is 0 Å². The number of hydrogen-bond acceptors (Lipinski definition) is 3. The van der Waals surface area contributed by atoms with E-state index >= 15 is 0 Å². The number of fused-ring (bicyclic) bond motifs is 1. The zero-order valence-corrected chi connectivity index (χ0v) is 9.19. The predicted octanol–water partition coefficient (Wildman–Crippen LogP) is 2.88. The number of carbonyl (C=O) groups excluding carboxylic acids is 1. The highest BCUT2D eigenvalue weighted by molar-refractivity contribution is 6.66. The van der Waals surface area contributed by atoms with E-state index in [1.54, 1.807) is 18.3 Å². The van der Waals surface area contributed by atoms with Gasteiger partial charge in [0.05, 0.1) is 0 Å². The van der Waals surface area contributed by atoms with Gasteiger partial charge in [-0.05, 0) is 29.8 Å². The molecule has 0 spiro atoms. The number of phenols is 1. The summed E-state index contributed by atoms with van der Waals surface area (Å²) >= 11 is 4.71. The molecule has 0 bridgehead atoms. The molecule has 0 saturated carbocycles. The van der Waals surface area contributed by atoms with Crippen LogP contribution >= 0.6 is 11.6 Å². The van der Waals surface area contributed by atoms with Crippen molar-refractivity contribution in [2.75, 3.05) is 0 Å². The molecule has 0 radical (unpaired) electrons. The maximum absolute atomic E-state index is 9.46. The van der Waals surface area contributed by atoms with Crippen molar-refractivity contribution in [1.29, 1.82) is 0 Å². The van der Waals surface area contributed by atoms with Crippen molar-refractivity contribution in [2.45, 2.75) is 0 Å². The number of para-hydroxylation sites is 1. The molecule has 1 heterocycles. The largest absolute Gasteiger partial charge is 0.506 e. The van der Waals surface area contributed by atoms with Gasteiger partial charge in [0, 0.05) is 11.6 Å². The summed E-state index contributed by atoms with van der Waals surface area (Å²) in [6.07, 6.45) is 2.71. The number of halogens is 1. The van der Waals surface area contributed by atoms with Crippen LogP contribution in [-0.2, 0) is 4.79 Å². The Hall–Kier alpha value is -1.87. The number of rotatable bonds is 1. The molecule has 2 aromatic rings. The topological polar surface area (TPSA) is 50.2 Å². The summed E-state index contributed by atoms with van der Waals surface area (Å²) in [6, 6.07) is 9.13. The van der Waals surface area contributed by atoms with E-state index in [1.165, 1.54) is 0 Å². The number of phenolic OH excluding ortho intramolecular Hbond substituents is 1. The summed E-state index contributed by atoms with van der Waals surface area (Å²) in [6.45, 7) is 3.08. The first-order valence-corrected chi connectivity index (χ1v) is 4.87. The average molecular weight is 236 g/mol. The first-order valence-electron chi connectivity index (χ1n) is 4.49. The summed E-state index contributed by atoms with van der Waals surface area (Å²) in [5.41, 5.74) is 0.662. The van der Waals surface area contributed by atoms with Gasteiger partial charge in [0.1, 0.15) is 11.3 Å². The Balaban J connectivity index is 0.000000221. The molecule has 4 heteroatoms. The number of allylic oxidation sites excluding steroid dienone is 1. The first kappa shape index (κ1) is 12.2. The quantitative estimate of drug-likeness (QED) is 0.611. The fourth-order valence-corrected chi connectivity index (χ4v) is 1.09. The van der Waals surface area contributed by atoms with Crippen LogP contribution in [0.2, 0.25) is 0 Å². The Labute approximate surface area is 98.0 Å². The van der Waals surface area contributed by atoms with E-state index in [0.29, 0.717) is 5.52 Å². The highest BCUT2D eigenvalue weighted by atomic mass is 35.5. The van der Waals surface area contributed by atoms with Crippen LogP contribution in [0.25, 0.3) is 10.9 Å². The number of hydrogen-bond donors (Lipinski definition) is 1. The molecule has 2 rings (SSSR count). The van der Waals surface area contributed by atoms with E-state index in [1.807, 2.05) is 18.2 Å². The van der Waals surface area contributed by atoms with Gasteiger partial charge < -0.3 is 5.11 Å². The molecule has 1 aromatic heterocycles. The van der Waals surface area contributed by atoms with Gasteiger partial charge in [0.15, 0.2) is 0 Å². The highest BCUT2D eigenvalue weighted by Crippen LogP contribution is 2.20. The second-order valence-corrected chi connectivity index (χ2v) is 3.23. The Kier molecular flexibility index (Phi) is 4.48. The minimum atomic E-state index is -0.509. The smallest absolute Gasteiger partial charge is 0.244 e. The summed E-state index contributed by atoms with van der Waals surface area (Å²) in [5.74, 6) is 0.239. The second-order valence-electron chi connectivity index (χ2n) is 2.86. The number of benzene rings is 1. The predicted molar refractivity (Wildman–Crippen MR) is 64.5 cm³/mol. The lowest BCUT2D eigenvalue weighted by Crippen LogP contribution is -1.76. The number of pyridine rings is 1. The third-order valence-corrected chi connectivity index (χ3v) is 1.93. The monoisotopic (exact) mass is 235 g/mol. The zero-order valence-electron chi connectivity index (χ0n) is 8.43. The van der Waals surface area contributed by atoms with Crippen LogP contribution in [-0.4, -0.2) is 15.3 Å². The van der Waals surface area contributed by atoms with E-state index in [0.717, 1.165) is 11.5 Å². The highest BCUT2D eigenvalue weighted by Gasteiger charge is 1.96. The van der Waals surface area contributed by atoms with Crippen LogP contribution in [0.1, 0.15) is 0 Å². The molecular formula is C12H10ClNO2. The molecule has 0 unspecified atom stereocenters. The van der Waals surface area contributed by atoms with E-state index in [4.69, 9.17) is 11.6 Å². The van der Waals surface area contributed by atoms with Crippen LogP contribution in [0.5, 0.6) is 5.75 Å². The fraction of sp³-hybridized carbons (Fsp3) is 0. The Morgan fingerprint density at radius 1 is 1.38 bits per heavy atom. The molecule has 1 N–H and O–H groups in total. The normalized spacial score (nSPS) is 9.06. The Bertz CT molecular complexity index is 506. The molecule has 0 atom stereocenters. The van der Waals surface area contributed by atoms with Gasteiger partial charge in [-0.2, -0.15) is 0 Å². The van der Waals surface area contributed by atoms with Crippen molar-refractivity contribution < 1.29 is 9.90 Å². The van der Waals surface area contributed by atoms with Crippen LogP contribution in [0.4, 0.5) is 0 Å². The number of carbonyl (C=O) groups is 1. The van der Waals surface area contributed by atoms with E-state index in [9.17, 15) is 9.90 Å². The van der Waals surface area contributed by atoms with Crippen molar-refractivity contribution in [3.8, 4) is 5.75 Å². The molecule has 16 heavy (non-hydrogen) atoms. The lowest BCUT2D eigenvalue weighted by atomic mass is 10.2. The van der Waals surface area contributed by atoms with Gasteiger partial charge >= 0.3 is 0 Å². The van der Waals surface area contributed by atoms with Gasteiger partial charge in [-0.3, -0.25) is 9.78 Å². The standard InChI is InChI=1S/C9H7NO.C3H3ClO/c11-8-5-1-3-7-4-2-6-10-9(7)8;1-2-3(4)5/h1-6,11H;2H,1H2. The molecule has 0 aliphatic rings. The van der Waals surface area contributed by atoms with Crippen molar-refractivity contribution >= 4 is 27.7 Å². The third-order valence-electron chi connectivity index (χ3n) is 1.77. The summed E-state index contributed by atoms with van der Waals surface area (Å²) < 4.78 is 0. The summed E-state index contributed by atoms with van der Waals surface area (Å²) in [7, 11) is 0. The average Bonchev–Trinajstić information content (AvgIpc) is 2.30. The van der Waals surface area contributed by atoms with Crippen molar-refractivity contribution in [3.63, 3.8) is 0 Å². The molecular weight excluding hydrogens is 226 g/mol. The third kappa shape index (κ3) is 3.37. The van der Waals surface area contributed by atoms with Crippen molar-refractivity contribution in [2.24, 2.45) is 0 Å². The molecule has 0 saturated heterocycles. The second kappa shape index (κ2) is 5.88. The van der Waals surface area contributed by atoms with Crippen LogP contribution in [0, 0.1) is 0 Å². The number of aromatic hydroxyl groups is 1. The van der Waals surface area contributed by atoms with Crippen molar-refractivity contribution in [3.05, 3.63) is 49.2 Å². The minimum absolute atomic E-state index is 0.239. The van der Waals surface area contributed by atoms with Gasteiger partial charge in [0.2, 0.25) is 5.24 Å². The zero-order chi connectivity index (χ0) is 12.0. The SMILES string of the molecule is C=CC(=O)Cl.Oc1cccc2cccnc12. The Morgan fingerprint density at radius 3 is 2.56 bits per heavy atom. The van der Waals surface area contributed by atoms with E-state index in [2.05, 4.69) is 11.6 Å². The van der Waals surface area contributed by atoms with Gasteiger partial charge in [0.25, 0.3) is 0 Å². The number of nitrogens with zero attached hydrogens (tertiary/aromatic N) is 1. The van der Waals surface area contributed by atoms with Crippen molar-refractivity contribution in [1.82, 2.24) is 4.98 Å². The summed E-state index contributed by atoms with van der Waals surface area (Å²) in [5, 5.41) is 9.76. The minimum Gasteiger partial charge on any atom is -0.506 e. The molecule has 0 fully saturated rings. The Morgan fingerprint density at radius 2 is 2.00 bits per heavy atom. The van der Waals surface area contributed by atoms with Gasteiger partial charge in [-0.1, -0.05) is 24.8 Å². The number of aromatic nitrogens is 1. The fourth-order valence-electron chi connectivity index (χ4n) is 1.09. The first-order chi connectivity index (χ1) is 7.65. The van der Waals surface area contributed by atoms with Crippen LogP contribution in [0.3, 0.4) is 0 Å². The lowest BCUT2D eigenvalue weighted by Gasteiger charge is -1.96. The van der Waals surface area contributed by atoms with Gasteiger partial charge in [-0.25, -0.2) is 0 Å². The lowest BCUT2D eigenvalue weighted by molar-refractivity contribution is -0.107. The molecule has 0 aliphatic heterocycles. The maximum atomic E-state index is 9.46.